The van der Waals surface area contributed by atoms with E-state index in [1.807, 2.05) is 30.3 Å². The van der Waals surface area contributed by atoms with Crippen LogP contribution in [-0.4, -0.2) is 23.2 Å². The molecule has 1 aromatic rings. The van der Waals surface area contributed by atoms with Gasteiger partial charge in [0.05, 0.1) is 24.0 Å². The maximum Gasteiger partial charge on any atom is 0.226 e. The summed E-state index contributed by atoms with van der Waals surface area (Å²) in [5, 5.41) is 21.9. The molecule has 0 aromatic heterocycles. The quantitative estimate of drug-likeness (QED) is 0.810. The highest BCUT2D eigenvalue weighted by Crippen LogP contribution is 2.25. The van der Waals surface area contributed by atoms with Crippen molar-refractivity contribution in [3.63, 3.8) is 0 Å². The Bertz CT molecular complexity index is 466. The van der Waals surface area contributed by atoms with Gasteiger partial charge in [-0.1, -0.05) is 30.3 Å². The van der Waals surface area contributed by atoms with E-state index in [1.165, 1.54) is 0 Å². The summed E-state index contributed by atoms with van der Waals surface area (Å²) in [6.07, 6.45) is -0.447. The van der Waals surface area contributed by atoms with Crippen LogP contribution in [0.5, 0.6) is 0 Å². The van der Waals surface area contributed by atoms with Crippen LogP contribution in [0, 0.1) is 23.2 Å². The topological polar surface area (TPSA) is 73.1 Å². The van der Waals surface area contributed by atoms with Gasteiger partial charge in [0.2, 0.25) is 5.91 Å². The van der Waals surface area contributed by atoms with E-state index in [0.29, 0.717) is 6.42 Å². The zero-order valence-corrected chi connectivity index (χ0v) is 10.2. The Labute approximate surface area is 106 Å². The van der Waals surface area contributed by atoms with E-state index in [-0.39, 0.29) is 11.9 Å². The Morgan fingerprint density at radius 3 is 2.67 bits per heavy atom. The van der Waals surface area contributed by atoms with Crippen LogP contribution in [0.15, 0.2) is 30.3 Å². The van der Waals surface area contributed by atoms with Crippen molar-refractivity contribution in [3.8, 4) is 6.07 Å². The minimum absolute atomic E-state index is 0.176. The van der Waals surface area contributed by atoms with Crippen molar-refractivity contribution in [1.82, 2.24) is 5.32 Å². The van der Waals surface area contributed by atoms with Gasteiger partial charge in [0, 0.05) is 6.04 Å². The summed E-state index contributed by atoms with van der Waals surface area (Å²) in [6.45, 7) is 1.74. The summed E-state index contributed by atoms with van der Waals surface area (Å²) in [5.74, 6) is -1.27. The van der Waals surface area contributed by atoms with Gasteiger partial charge in [-0.3, -0.25) is 4.79 Å². The first-order valence-corrected chi connectivity index (χ1v) is 6.05. The molecule has 18 heavy (non-hydrogen) atoms. The third kappa shape index (κ3) is 2.36. The predicted octanol–water partition coefficient (Wildman–Crippen LogP) is 0.864. The second-order valence-corrected chi connectivity index (χ2v) is 4.74. The number of hydrogen-bond donors (Lipinski definition) is 2. The van der Waals surface area contributed by atoms with Crippen molar-refractivity contribution in [3.05, 3.63) is 35.9 Å². The molecule has 2 rings (SSSR count). The third-order valence-corrected chi connectivity index (χ3v) is 3.47. The molecule has 0 radical (unpaired) electrons. The normalized spacial score (nSPS) is 31.5. The zero-order chi connectivity index (χ0) is 13.1. The first-order valence-electron chi connectivity index (χ1n) is 6.05. The van der Waals surface area contributed by atoms with Crippen LogP contribution in [0.3, 0.4) is 0 Å². The fourth-order valence-electron chi connectivity index (χ4n) is 2.39. The Balaban J connectivity index is 2.17. The molecule has 1 heterocycles. The Morgan fingerprint density at radius 1 is 1.39 bits per heavy atom. The number of nitrogens with zero attached hydrogens (tertiary/aromatic N) is 1. The molecule has 4 unspecified atom stereocenters. The lowest BCUT2D eigenvalue weighted by Gasteiger charge is -2.35. The Kier molecular flexibility index (Phi) is 3.63. The molecular formula is C14H16N2O2. The largest absolute Gasteiger partial charge is 0.391 e. The molecule has 1 aliphatic rings. The summed E-state index contributed by atoms with van der Waals surface area (Å²) < 4.78 is 0. The maximum atomic E-state index is 11.9. The number of nitriles is 1. The van der Waals surface area contributed by atoms with Gasteiger partial charge >= 0.3 is 0 Å². The first-order chi connectivity index (χ1) is 8.63. The smallest absolute Gasteiger partial charge is 0.226 e. The van der Waals surface area contributed by atoms with Gasteiger partial charge < -0.3 is 10.4 Å². The predicted molar refractivity (Wildman–Crippen MR) is 66.4 cm³/mol. The third-order valence-electron chi connectivity index (χ3n) is 3.47. The molecule has 94 valence electrons. The number of aliphatic hydroxyl groups excluding tert-OH is 1. The second kappa shape index (κ2) is 5.19. The van der Waals surface area contributed by atoms with Crippen molar-refractivity contribution in [2.24, 2.45) is 11.8 Å². The molecular weight excluding hydrogens is 228 g/mol. The number of nitrogens with one attached hydrogen (secondary N) is 1. The van der Waals surface area contributed by atoms with Crippen LogP contribution in [0.4, 0.5) is 0 Å². The summed E-state index contributed by atoms with van der Waals surface area (Å²) >= 11 is 0. The lowest BCUT2D eigenvalue weighted by molar-refractivity contribution is -0.135. The highest BCUT2D eigenvalue weighted by atomic mass is 16.3. The van der Waals surface area contributed by atoms with E-state index in [0.717, 1.165) is 5.56 Å². The minimum Gasteiger partial charge on any atom is -0.391 e. The fourth-order valence-corrected chi connectivity index (χ4v) is 2.39. The van der Waals surface area contributed by atoms with E-state index < -0.39 is 17.9 Å². The van der Waals surface area contributed by atoms with Crippen LogP contribution in [0.1, 0.15) is 12.5 Å². The van der Waals surface area contributed by atoms with Crippen LogP contribution in [0.25, 0.3) is 0 Å². The van der Waals surface area contributed by atoms with Gasteiger partial charge in [0.25, 0.3) is 0 Å². The summed E-state index contributed by atoms with van der Waals surface area (Å²) in [7, 11) is 0. The number of aliphatic hydroxyl groups is 1. The molecule has 4 heteroatoms. The molecule has 1 aromatic carbocycles. The highest BCUT2D eigenvalue weighted by molar-refractivity contribution is 5.81. The molecule has 1 amide bonds. The Hall–Kier alpha value is -1.86. The number of carbonyl (C=O) groups excluding carboxylic acids is 1. The van der Waals surface area contributed by atoms with E-state index in [9.17, 15) is 9.90 Å². The SMILES string of the molecule is CC1NC(=O)C(Cc2ccccc2)C(O)C1C#N. The number of rotatable bonds is 2. The molecule has 0 saturated carbocycles. The highest BCUT2D eigenvalue weighted by Gasteiger charge is 2.41. The Morgan fingerprint density at radius 2 is 2.06 bits per heavy atom. The van der Waals surface area contributed by atoms with Gasteiger partial charge in [-0.25, -0.2) is 0 Å². The lowest BCUT2D eigenvalue weighted by Crippen LogP contribution is -2.56. The average Bonchev–Trinajstić information content (AvgIpc) is 2.36. The monoisotopic (exact) mass is 244 g/mol. The number of piperidine rings is 1. The number of carbonyl (C=O) groups is 1. The maximum absolute atomic E-state index is 11.9. The van der Waals surface area contributed by atoms with Crippen LogP contribution >= 0.6 is 0 Å². The first kappa shape index (κ1) is 12.6. The zero-order valence-electron chi connectivity index (χ0n) is 10.2. The summed E-state index contributed by atoms with van der Waals surface area (Å²) in [4.78, 5) is 11.9. The van der Waals surface area contributed by atoms with Crippen molar-refractivity contribution in [2.45, 2.75) is 25.5 Å². The van der Waals surface area contributed by atoms with Gasteiger partial charge in [-0.15, -0.1) is 0 Å². The molecule has 0 spiro atoms. The van der Waals surface area contributed by atoms with E-state index in [1.54, 1.807) is 6.92 Å². The van der Waals surface area contributed by atoms with Gasteiger partial charge in [0.1, 0.15) is 0 Å². The summed E-state index contributed by atoms with van der Waals surface area (Å²) in [6, 6.07) is 11.3. The minimum atomic E-state index is -0.904. The van der Waals surface area contributed by atoms with E-state index >= 15 is 0 Å². The fraction of sp³-hybridized carbons (Fsp3) is 0.429. The molecule has 0 bridgehead atoms. The van der Waals surface area contributed by atoms with Crippen molar-refractivity contribution in [1.29, 1.82) is 5.26 Å². The average molecular weight is 244 g/mol. The molecule has 4 atom stereocenters. The molecule has 1 aliphatic heterocycles. The van der Waals surface area contributed by atoms with Gasteiger partial charge in [-0.2, -0.15) is 5.26 Å². The standard InChI is InChI=1S/C14H16N2O2/c1-9-12(8-15)13(17)11(14(18)16-9)7-10-5-3-2-4-6-10/h2-6,9,11-13,17H,7H2,1H3,(H,16,18). The van der Waals surface area contributed by atoms with E-state index in [2.05, 4.69) is 11.4 Å². The molecule has 4 nitrogen and oxygen atoms in total. The van der Waals surface area contributed by atoms with Crippen molar-refractivity contribution in [2.75, 3.05) is 0 Å². The van der Waals surface area contributed by atoms with Crippen molar-refractivity contribution < 1.29 is 9.90 Å². The van der Waals surface area contributed by atoms with Crippen LogP contribution in [0.2, 0.25) is 0 Å². The van der Waals surface area contributed by atoms with Crippen LogP contribution < -0.4 is 5.32 Å². The number of hydrogen-bond acceptors (Lipinski definition) is 3. The van der Waals surface area contributed by atoms with E-state index in [4.69, 9.17) is 5.26 Å². The lowest BCUT2D eigenvalue weighted by atomic mass is 9.80. The van der Waals surface area contributed by atoms with Crippen molar-refractivity contribution >= 4 is 5.91 Å². The second-order valence-electron chi connectivity index (χ2n) is 4.74. The molecule has 1 saturated heterocycles. The number of amides is 1. The molecule has 2 N–H and O–H groups in total. The van der Waals surface area contributed by atoms with Gasteiger partial charge in [-0.05, 0) is 18.9 Å². The summed E-state index contributed by atoms with van der Waals surface area (Å²) in [5.41, 5.74) is 0.989. The molecule has 0 aliphatic carbocycles. The number of benzene rings is 1. The van der Waals surface area contributed by atoms with Crippen LogP contribution in [-0.2, 0) is 11.2 Å². The molecule has 1 fully saturated rings. The van der Waals surface area contributed by atoms with Gasteiger partial charge in [0.15, 0.2) is 0 Å².